The van der Waals surface area contributed by atoms with Crippen molar-refractivity contribution in [3.05, 3.63) is 52.5 Å². The minimum atomic E-state index is -0.344. The normalized spacial score (nSPS) is 10.7. The van der Waals surface area contributed by atoms with Gasteiger partial charge in [-0.05, 0) is 68.7 Å². The lowest BCUT2D eigenvalue weighted by Crippen LogP contribution is -2.34. The van der Waals surface area contributed by atoms with Crippen LogP contribution in [0.1, 0.15) is 44.5 Å². The van der Waals surface area contributed by atoms with E-state index in [4.69, 9.17) is 21.7 Å². The van der Waals surface area contributed by atoms with Crippen molar-refractivity contribution in [2.24, 2.45) is 5.92 Å². The Morgan fingerprint density at radius 3 is 2.59 bits per heavy atom. The van der Waals surface area contributed by atoms with Crippen molar-refractivity contribution in [3.8, 4) is 11.5 Å². The fourth-order valence-corrected chi connectivity index (χ4v) is 3.02. The van der Waals surface area contributed by atoms with Crippen LogP contribution >= 0.6 is 28.1 Å². The zero-order chi connectivity index (χ0) is 21.4. The SMILES string of the molecule is CC(C)CCOc1cccc(NC(=S)NC(=O)c2cc(Br)ccc2OC(C)C)c1. The number of carbonyl (C=O) groups excluding carboxylic acids is 1. The van der Waals surface area contributed by atoms with E-state index in [1.54, 1.807) is 12.1 Å². The van der Waals surface area contributed by atoms with Crippen molar-refractivity contribution in [2.45, 2.75) is 40.2 Å². The number of carbonyl (C=O) groups is 1. The Morgan fingerprint density at radius 2 is 1.90 bits per heavy atom. The Hall–Kier alpha value is -2.12. The van der Waals surface area contributed by atoms with E-state index in [1.807, 2.05) is 44.2 Å². The van der Waals surface area contributed by atoms with Crippen molar-refractivity contribution < 1.29 is 14.3 Å². The van der Waals surface area contributed by atoms with E-state index < -0.39 is 0 Å². The molecular weight excluding hydrogens is 452 g/mol. The molecule has 0 aliphatic heterocycles. The maximum absolute atomic E-state index is 12.7. The zero-order valence-corrected chi connectivity index (χ0v) is 19.5. The van der Waals surface area contributed by atoms with Gasteiger partial charge in [-0.3, -0.25) is 10.1 Å². The molecule has 0 atom stereocenters. The monoisotopic (exact) mass is 478 g/mol. The maximum atomic E-state index is 12.7. The molecule has 0 aliphatic rings. The summed E-state index contributed by atoms with van der Waals surface area (Å²) in [5.74, 6) is 1.50. The molecule has 1 amide bonds. The molecule has 0 aromatic heterocycles. The number of benzene rings is 2. The molecule has 2 aromatic carbocycles. The summed E-state index contributed by atoms with van der Waals surface area (Å²) in [6, 6.07) is 12.8. The number of nitrogens with one attached hydrogen (secondary N) is 2. The molecule has 0 spiro atoms. The Labute approximate surface area is 186 Å². The van der Waals surface area contributed by atoms with Gasteiger partial charge in [0.25, 0.3) is 5.91 Å². The smallest absolute Gasteiger partial charge is 0.261 e. The molecule has 2 rings (SSSR count). The number of anilines is 1. The van der Waals surface area contributed by atoms with Gasteiger partial charge in [0.1, 0.15) is 11.5 Å². The van der Waals surface area contributed by atoms with Crippen molar-refractivity contribution >= 4 is 44.9 Å². The number of thiocarbonyl (C=S) groups is 1. The highest BCUT2D eigenvalue weighted by atomic mass is 79.9. The molecular formula is C22H27BrN2O3S. The molecule has 0 saturated heterocycles. The second-order valence-corrected chi connectivity index (χ2v) is 8.60. The molecule has 0 aliphatic carbocycles. The quantitative estimate of drug-likeness (QED) is 0.470. The van der Waals surface area contributed by atoms with Gasteiger partial charge in [-0.15, -0.1) is 0 Å². The van der Waals surface area contributed by atoms with E-state index in [-0.39, 0.29) is 17.1 Å². The highest BCUT2D eigenvalue weighted by molar-refractivity contribution is 9.10. The highest BCUT2D eigenvalue weighted by Gasteiger charge is 2.16. The van der Waals surface area contributed by atoms with Gasteiger partial charge in [-0.2, -0.15) is 0 Å². The van der Waals surface area contributed by atoms with Crippen LogP contribution < -0.4 is 20.1 Å². The van der Waals surface area contributed by atoms with Gasteiger partial charge >= 0.3 is 0 Å². The number of hydrogen-bond donors (Lipinski definition) is 2. The molecule has 5 nitrogen and oxygen atoms in total. The summed E-state index contributed by atoms with van der Waals surface area (Å²) in [5.41, 5.74) is 1.15. The number of hydrogen-bond acceptors (Lipinski definition) is 4. The first kappa shape index (κ1) is 23.2. The van der Waals surface area contributed by atoms with E-state index in [0.717, 1.165) is 22.3 Å². The summed E-state index contributed by atoms with van der Waals surface area (Å²) >= 11 is 8.70. The molecule has 0 heterocycles. The summed E-state index contributed by atoms with van der Waals surface area (Å²) in [6.07, 6.45) is 0.936. The Bertz CT molecular complexity index is 856. The van der Waals surface area contributed by atoms with Crippen molar-refractivity contribution in [3.63, 3.8) is 0 Å². The predicted molar refractivity (Wildman–Crippen MR) is 125 cm³/mol. The largest absolute Gasteiger partial charge is 0.494 e. The zero-order valence-electron chi connectivity index (χ0n) is 17.1. The molecule has 156 valence electrons. The van der Waals surface area contributed by atoms with Crippen molar-refractivity contribution in [1.82, 2.24) is 5.32 Å². The minimum absolute atomic E-state index is 0.0498. The number of halogens is 1. The summed E-state index contributed by atoms with van der Waals surface area (Å²) in [7, 11) is 0. The Kier molecular flexibility index (Phi) is 8.92. The molecule has 0 bridgehead atoms. The molecule has 0 radical (unpaired) electrons. The minimum Gasteiger partial charge on any atom is -0.494 e. The number of rotatable bonds is 8. The molecule has 7 heteroatoms. The van der Waals surface area contributed by atoms with Gasteiger partial charge in [0.05, 0.1) is 18.3 Å². The van der Waals surface area contributed by atoms with Gasteiger partial charge in [-0.25, -0.2) is 0 Å². The van der Waals surface area contributed by atoms with E-state index in [9.17, 15) is 4.79 Å². The van der Waals surface area contributed by atoms with Crippen LogP contribution in [0.4, 0.5) is 5.69 Å². The molecule has 2 N–H and O–H groups in total. The van der Waals surface area contributed by atoms with Crippen LogP contribution in [-0.2, 0) is 0 Å². The summed E-state index contributed by atoms with van der Waals surface area (Å²) < 4.78 is 12.3. The van der Waals surface area contributed by atoms with Crippen LogP contribution in [0.5, 0.6) is 11.5 Å². The lowest BCUT2D eigenvalue weighted by molar-refractivity contribution is 0.0972. The molecule has 2 aromatic rings. The van der Waals surface area contributed by atoms with Crippen LogP contribution in [0.25, 0.3) is 0 Å². The van der Waals surface area contributed by atoms with Gasteiger partial charge in [-0.1, -0.05) is 35.8 Å². The predicted octanol–water partition coefficient (Wildman–Crippen LogP) is 5.79. The third-order valence-electron chi connectivity index (χ3n) is 3.83. The fourth-order valence-electron chi connectivity index (χ4n) is 2.45. The van der Waals surface area contributed by atoms with Gasteiger partial charge in [0.15, 0.2) is 5.11 Å². The van der Waals surface area contributed by atoms with E-state index >= 15 is 0 Å². The van der Waals surface area contributed by atoms with Gasteiger partial charge in [0.2, 0.25) is 0 Å². The average Bonchev–Trinajstić information content (AvgIpc) is 2.62. The standard InChI is InChI=1S/C22H27BrN2O3S/c1-14(2)10-11-27-18-7-5-6-17(13-18)24-22(29)25-21(26)19-12-16(23)8-9-20(19)28-15(3)4/h5-9,12-15H,10-11H2,1-4H3,(H2,24,25,26,29). The summed E-state index contributed by atoms with van der Waals surface area (Å²) in [4.78, 5) is 12.7. The third-order valence-corrected chi connectivity index (χ3v) is 4.53. The summed E-state index contributed by atoms with van der Waals surface area (Å²) in [6.45, 7) is 8.79. The summed E-state index contributed by atoms with van der Waals surface area (Å²) in [5, 5.41) is 5.93. The lowest BCUT2D eigenvalue weighted by Gasteiger charge is -2.15. The maximum Gasteiger partial charge on any atom is 0.261 e. The number of amides is 1. The number of ether oxygens (including phenoxy) is 2. The molecule has 0 fully saturated rings. The van der Waals surface area contributed by atoms with Crippen LogP contribution in [0.2, 0.25) is 0 Å². The van der Waals surface area contributed by atoms with Crippen LogP contribution in [0.3, 0.4) is 0 Å². The Balaban J connectivity index is 2.01. The first-order valence-electron chi connectivity index (χ1n) is 9.56. The molecule has 0 unspecified atom stereocenters. The highest BCUT2D eigenvalue weighted by Crippen LogP contribution is 2.24. The fraction of sp³-hybridized carbons (Fsp3) is 0.364. The molecule has 29 heavy (non-hydrogen) atoms. The second-order valence-electron chi connectivity index (χ2n) is 7.27. The van der Waals surface area contributed by atoms with Crippen molar-refractivity contribution in [2.75, 3.05) is 11.9 Å². The molecule has 0 saturated carbocycles. The van der Waals surface area contributed by atoms with Crippen molar-refractivity contribution in [1.29, 1.82) is 0 Å². The first-order valence-corrected chi connectivity index (χ1v) is 10.8. The lowest BCUT2D eigenvalue weighted by atomic mass is 10.1. The van der Waals surface area contributed by atoms with E-state index in [2.05, 4.69) is 40.4 Å². The van der Waals surface area contributed by atoms with Crippen LogP contribution in [0.15, 0.2) is 46.9 Å². The van der Waals surface area contributed by atoms with Gasteiger partial charge < -0.3 is 14.8 Å². The van der Waals surface area contributed by atoms with Crippen LogP contribution in [0, 0.1) is 5.92 Å². The average molecular weight is 479 g/mol. The van der Waals surface area contributed by atoms with E-state index in [1.165, 1.54) is 0 Å². The third kappa shape index (κ3) is 8.03. The Morgan fingerprint density at radius 1 is 1.14 bits per heavy atom. The van der Waals surface area contributed by atoms with Gasteiger partial charge in [0, 0.05) is 16.2 Å². The van der Waals surface area contributed by atoms with E-state index in [0.29, 0.717) is 23.8 Å². The topological polar surface area (TPSA) is 59.6 Å². The first-order chi connectivity index (χ1) is 13.7. The van der Waals surface area contributed by atoms with Crippen LogP contribution in [-0.4, -0.2) is 23.7 Å². The second kappa shape index (κ2) is 11.2.